The maximum atomic E-state index is 13.8. The standard InChI is InChI=1S/C21H23ClFNO3S/c1-21(2)10-18(14-8-7-13(26-3)9-19(14)27-21)24-20(25)12-28-11-15-16(22)5-4-6-17(15)23/h4-9,18H,10-12H2,1-3H3,(H,24,25)/t18-/m1/s1. The van der Waals surface area contributed by atoms with Crippen LogP contribution >= 0.6 is 23.4 Å². The first-order chi connectivity index (χ1) is 13.3. The fraction of sp³-hybridized carbons (Fsp3) is 0.381. The lowest BCUT2D eigenvalue weighted by atomic mass is 9.89. The number of amides is 1. The number of hydrogen-bond donors (Lipinski definition) is 1. The molecule has 1 aliphatic rings. The summed E-state index contributed by atoms with van der Waals surface area (Å²) in [6, 6.07) is 10.0. The SMILES string of the molecule is COc1ccc2c(c1)OC(C)(C)C[C@H]2NC(=O)CSCc1c(F)cccc1Cl. The van der Waals surface area contributed by atoms with E-state index in [2.05, 4.69) is 5.32 Å². The highest BCUT2D eigenvalue weighted by Crippen LogP contribution is 2.41. The minimum atomic E-state index is -0.412. The van der Waals surface area contributed by atoms with Gasteiger partial charge in [0.05, 0.1) is 18.9 Å². The van der Waals surface area contributed by atoms with Gasteiger partial charge < -0.3 is 14.8 Å². The Bertz CT molecular complexity index is 854. The smallest absolute Gasteiger partial charge is 0.230 e. The summed E-state index contributed by atoms with van der Waals surface area (Å²) in [6.07, 6.45) is 0.655. The molecule has 0 spiro atoms. The average Bonchev–Trinajstić information content (AvgIpc) is 2.62. The van der Waals surface area contributed by atoms with Crippen LogP contribution in [0.5, 0.6) is 11.5 Å². The molecule has 0 radical (unpaired) electrons. The Morgan fingerprint density at radius 3 is 2.89 bits per heavy atom. The zero-order valence-electron chi connectivity index (χ0n) is 16.1. The number of benzene rings is 2. The number of rotatable bonds is 6. The molecule has 0 aromatic heterocycles. The second-order valence-corrected chi connectivity index (χ2v) is 8.68. The normalized spacial score (nSPS) is 17.4. The van der Waals surface area contributed by atoms with Gasteiger partial charge in [-0.1, -0.05) is 17.7 Å². The highest BCUT2D eigenvalue weighted by molar-refractivity contribution is 7.99. The molecule has 150 valence electrons. The van der Waals surface area contributed by atoms with Gasteiger partial charge in [0, 0.05) is 34.4 Å². The number of carbonyl (C=O) groups is 1. The molecule has 0 unspecified atom stereocenters. The second-order valence-electron chi connectivity index (χ2n) is 7.28. The predicted molar refractivity (Wildman–Crippen MR) is 111 cm³/mol. The van der Waals surface area contributed by atoms with Gasteiger partial charge in [0.1, 0.15) is 22.9 Å². The first-order valence-electron chi connectivity index (χ1n) is 8.96. The molecule has 28 heavy (non-hydrogen) atoms. The highest BCUT2D eigenvalue weighted by atomic mass is 35.5. The molecule has 3 rings (SSSR count). The van der Waals surface area contributed by atoms with E-state index in [0.717, 1.165) is 5.56 Å². The van der Waals surface area contributed by atoms with Crippen LogP contribution in [0.2, 0.25) is 5.02 Å². The third-order valence-electron chi connectivity index (χ3n) is 4.55. The number of hydrogen-bond acceptors (Lipinski definition) is 4. The van der Waals surface area contributed by atoms with Crippen LogP contribution in [-0.4, -0.2) is 24.4 Å². The van der Waals surface area contributed by atoms with Crippen molar-refractivity contribution < 1.29 is 18.7 Å². The zero-order valence-corrected chi connectivity index (χ0v) is 17.6. The highest BCUT2D eigenvalue weighted by Gasteiger charge is 2.34. The fourth-order valence-electron chi connectivity index (χ4n) is 3.24. The quantitative estimate of drug-likeness (QED) is 0.698. The summed E-state index contributed by atoms with van der Waals surface area (Å²) in [5.41, 5.74) is 0.938. The summed E-state index contributed by atoms with van der Waals surface area (Å²) in [7, 11) is 1.61. The minimum absolute atomic E-state index is 0.109. The maximum absolute atomic E-state index is 13.8. The summed E-state index contributed by atoms with van der Waals surface area (Å²) in [5.74, 6) is 1.52. The number of thioether (sulfide) groups is 1. The fourth-order valence-corrected chi connectivity index (χ4v) is 4.42. The lowest BCUT2D eigenvalue weighted by molar-refractivity contribution is -0.119. The van der Waals surface area contributed by atoms with Crippen molar-refractivity contribution in [3.8, 4) is 11.5 Å². The van der Waals surface area contributed by atoms with E-state index in [4.69, 9.17) is 21.1 Å². The van der Waals surface area contributed by atoms with E-state index in [9.17, 15) is 9.18 Å². The van der Waals surface area contributed by atoms with E-state index in [1.54, 1.807) is 19.2 Å². The first kappa shape index (κ1) is 20.8. The molecule has 0 saturated heterocycles. The Morgan fingerprint density at radius 2 is 2.18 bits per heavy atom. The van der Waals surface area contributed by atoms with Crippen molar-refractivity contribution in [3.63, 3.8) is 0 Å². The molecule has 1 N–H and O–H groups in total. The molecule has 2 aromatic rings. The number of ether oxygens (including phenoxy) is 2. The molecule has 7 heteroatoms. The van der Waals surface area contributed by atoms with Gasteiger partial charge >= 0.3 is 0 Å². The predicted octanol–water partition coefficient (Wildman–Crippen LogP) is 5.14. The largest absolute Gasteiger partial charge is 0.497 e. The van der Waals surface area contributed by atoms with Gasteiger partial charge in [0.25, 0.3) is 0 Å². The summed E-state index contributed by atoms with van der Waals surface area (Å²) >= 11 is 7.37. The van der Waals surface area contributed by atoms with Crippen molar-refractivity contribution >= 4 is 29.3 Å². The summed E-state index contributed by atoms with van der Waals surface area (Å²) < 4.78 is 25.2. The Morgan fingerprint density at radius 1 is 1.39 bits per heavy atom. The van der Waals surface area contributed by atoms with Gasteiger partial charge in [0.2, 0.25) is 5.91 Å². The lowest BCUT2D eigenvalue weighted by Crippen LogP contribution is -2.41. The third-order valence-corrected chi connectivity index (χ3v) is 5.87. The first-order valence-corrected chi connectivity index (χ1v) is 10.5. The van der Waals surface area contributed by atoms with E-state index in [1.165, 1.54) is 17.8 Å². The van der Waals surface area contributed by atoms with Crippen molar-refractivity contribution in [1.82, 2.24) is 5.32 Å². The molecule has 1 amide bonds. The molecular formula is C21H23ClFNO3S. The topological polar surface area (TPSA) is 47.6 Å². The van der Waals surface area contributed by atoms with Crippen molar-refractivity contribution in [2.75, 3.05) is 12.9 Å². The van der Waals surface area contributed by atoms with E-state index in [0.29, 0.717) is 34.3 Å². The molecule has 0 aliphatic carbocycles. The molecule has 4 nitrogen and oxygen atoms in total. The second kappa shape index (κ2) is 8.62. The summed E-state index contributed by atoms with van der Waals surface area (Å²) in [5, 5.41) is 3.45. The van der Waals surface area contributed by atoms with Crippen LogP contribution in [0.3, 0.4) is 0 Å². The molecule has 1 heterocycles. The Hall–Kier alpha value is -1.92. The lowest BCUT2D eigenvalue weighted by Gasteiger charge is -2.38. The monoisotopic (exact) mass is 423 g/mol. The van der Waals surface area contributed by atoms with Gasteiger partial charge in [-0.3, -0.25) is 4.79 Å². The number of nitrogens with one attached hydrogen (secondary N) is 1. The zero-order chi connectivity index (χ0) is 20.3. The molecular weight excluding hydrogens is 401 g/mol. The molecule has 0 bridgehead atoms. The van der Waals surface area contributed by atoms with E-state index in [1.807, 2.05) is 32.0 Å². The summed E-state index contributed by atoms with van der Waals surface area (Å²) in [4.78, 5) is 12.5. The number of methoxy groups -OCH3 is 1. The van der Waals surface area contributed by atoms with Crippen LogP contribution in [-0.2, 0) is 10.5 Å². The van der Waals surface area contributed by atoms with Gasteiger partial charge in [-0.25, -0.2) is 4.39 Å². The Balaban J connectivity index is 1.64. The van der Waals surface area contributed by atoms with E-state index >= 15 is 0 Å². The molecule has 1 atom stereocenters. The molecule has 2 aromatic carbocycles. The summed E-state index contributed by atoms with van der Waals surface area (Å²) in [6.45, 7) is 3.98. The van der Waals surface area contributed by atoms with Crippen LogP contribution in [0.25, 0.3) is 0 Å². The number of halogens is 2. The van der Waals surface area contributed by atoms with Crippen molar-refractivity contribution in [2.24, 2.45) is 0 Å². The number of fused-ring (bicyclic) bond motifs is 1. The van der Waals surface area contributed by atoms with Crippen LogP contribution < -0.4 is 14.8 Å². The maximum Gasteiger partial charge on any atom is 0.230 e. The van der Waals surface area contributed by atoms with Gasteiger partial charge in [0.15, 0.2) is 0 Å². The van der Waals surface area contributed by atoms with E-state index < -0.39 is 5.60 Å². The average molecular weight is 424 g/mol. The van der Waals surface area contributed by atoms with Crippen LogP contribution in [0.4, 0.5) is 4.39 Å². The molecule has 0 fully saturated rings. The third kappa shape index (κ3) is 4.92. The van der Waals surface area contributed by atoms with E-state index in [-0.39, 0.29) is 23.5 Å². The van der Waals surface area contributed by atoms with Gasteiger partial charge in [-0.15, -0.1) is 11.8 Å². The Kier molecular flexibility index (Phi) is 6.40. The van der Waals surface area contributed by atoms with Crippen LogP contribution in [0.15, 0.2) is 36.4 Å². The Labute approximate surface area is 173 Å². The van der Waals surface area contributed by atoms with Crippen LogP contribution in [0, 0.1) is 5.82 Å². The van der Waals surface area contributed by atoms with Crippen molar-refractivity contribution in [2.45, 2.75) is 37.7 Å². The van der Waals surface area contributed by atoms with Gasteiger partial charge in [-0.2, -0.15) is 0 Å². The number of carbonyl (C=O) groups excluding carboxylic acids is 1. The molecule has 1 aliphatic heterocycles. The molecule has 0 saturated carbocycles. The minimum Gasteiger partial charge on any atom is -0.497 e. The van der Waals surface area contributed by atoms with Crippen molar-refractivity contribution in [3.05, 3.63) is 58.4 Å². The van der Waals surface area contributed by atoms with Gasteiger partial charge in [-0.05, 0) is 38.1 Å². The van der Waals surface area contributed by atoms with Crippen LogP contribution in [0.1, 0.15) is 37.4 Å². The van der Waals surface area contributed by atoms with Crippen molar-refractivity contribution in [1.29, 1.82) is 0 Å².